The van der Waals surface area contributed by atoms with Crippen molar-refractivity contribution in [3.63, 3.8) is 0 Å². The zero-order chi connectivity index (χ0) is 14.0. The van der Waals surface area contributed by atoms with Crippen molar-refractivity contribution in [1.82, 2.24) is 4.90 Å². The number of ether oxygens (including phenoxy) is 1. The average Bonchev–Trinajstić information content (AvgIpc) is 2.41. The van der Waals surface area contributed by atoms with E-state index in [4.69, 9.17) is 9.84 Å². The third-order valence-electron chi connectivity index (χ3n) is 3.18. The van der Waals surface area contributed by atoms with E-state index in [1.165, 1.54) is 23.1 Å². The van der Waals surface area contributed by atoms with Gasteiger partial charge in [0.2, 0.25) is 0 Å². The number of carbonyl (C=O) groups excluding carboxylic acids is 1. The van der Waals surface area contributed by atoms with Crippen LogP contribution in [0.5, 0.6) is 11.5 Å². The molecule has 2 atom stereocenters. The van der Waals surface area contributed by atoms with Crippen molar-refractivity contribution in [3.05, 3.63) is 23.8 Å². The van der Waals surface area contributed by atoms with Crippen LogP contribution in [0.1, 0.15) is 17.3 Å². The summed E-state index contributed by atoms with van der Waals surface area (Å²) in [4.78, 5) is 13.9. The van der Waals surface area contributed by atoms with Crippen LogP contribution >= 0.6 is 0 Å². The first-order chi connectivity index (χ1) is 9.02. The Kier molecular flexibility index (Phi) is 3.92. The molecule has 1 saturated heterocycles. The number of carbonyl (C=O) groups is 1. The van der Waals surface area contributed by atoms with Crippen LogP contribution in [0.15, 0.2) is 18.2 Å². The number of phenols is 2. The molecule has 1 amide bonds. The number of phenolic OH excluding ortho intramolecular Hbond substituents is 2. The lowest BCUT2D eigenvalue weighted by Crippen LogP contribution is -2.52. The smallest absolute Gasteiger partial charge is 0.258 e. The number of rotatable bonds is 2. The third-order valence-corrected chi connectivity index (χ3v) is 3.18. The minimum atomic E-state index is -0.417. The highest BCUT2D eigenvalue weighted by Crippen LogP contribution is 2.25. The maximum absolute atomic E-state index is 12.4. The predicted octanol–water partition coefficient (Wildman–Crippen LogP) is 0.320. The van der Waals surface area contributed by atoms with Crippen molar-refractivity contribution in [1.29, 1.82) is 0 Å². The summed E-state index contributed by atoms with van der Waals surface area (Å²) in [5.41, 5.74) is 0.0467. The van der Waals surface area contributed by atoms with Crippen molar-refractivity contribution in [3.8, 4) is 11.5 Å². The first kappa shape index (κ1) is 13.6. The minimum absolute atomic E-state index is 0.0467. The maximum Gasteiger partial charge on any atom is 0.258 e. The molecule has 0 spiro atoms. The molecule has 0 radical (unpaired) electrons. The molecule has 1 heterocycles. The molecule has 1 aromatic carbocycles. The van der Waals surface area contributed by atoms with E-state index in [9.17, 15) is 15.0 Å². The van der Waals surface area contributed by atoms with E-state index in [-0.39, 0.29) is 42.2 Å². The molecule has 2 unspecified atom stereocenters. The van der Waals surface area contributed by atoms with E-state index in [1.807, 2.05) is 6.92 Å². The highest BCUT2D eigenvalue weighted by atomic mass is 16.5. The van der Waals surface area contributed by atoms with Gasteiger partial charge in [0.25, 0.3) is 5.91 Å². The van der Waals surface area contributed by atoms with Gasteiger partial charge in [-0.15, -0.1) is 0 Å². The summed E-state index contributed by atoms with van der Waals surface area (Å²) in [5, 5.41) is 28.2. The lowest BCUT2D eigenvalue weighted by Gasteiger charge is -2.37. The molecule has 1 aliphatic rings. The first-order valence-corrected chi connectivity index (χ1v) is 6.08. The van der Waals surface area contributed by atoms with E-state index in [0.29, 0.717) is 6.61 Å². The van der Waals surface area contributed by atoms with Crippen molar-refractivity contribution in [2.45, 2.75) is 19.1 Å². The summed E-state index contributed by atoms with van der Waals surface area (Å²) in [6.45, 7) is 2.25. The van der Waals surface area contributed by atoms with Gasteiger partial charge in [0.1, 0.15) is 11.5 Å². The number of benzene rings is 1. The Labute approximate surface area is 110 Å². The maximum atomic E-state index is 12.4. The van der Waals surface area contributed by atoms with Gasteiger partial charge in [-0.3, -0.25) is 4.79 Å². The SMILES string of the molecule is CC1COC(CO)CN1C(=O)c1cc(O)ccc1O. The normalized spacial score (nSPS) is 23.4. The van der Waals surface area contributed by atoms with Crippen LogP contribution in [0.4, 0.5) is 0 Å². The molecule has 6 nitrogen and oxygen atoms in total. The summed E-state index contributed by atoms with van der Waals surface area (Å²) in [6.07, 6.45) is -0.417. The number of aliphatic hydroxyl groups is 1. The molecule has 6 heteroatoms. The molecule has 1 aromatic rings. The van der Waals surface area contributed by atoms with E-state index < -0.39 is 6.10 Å². The monoisotopic (exact) mass is 267 g/mol. The van der Waals surface area contributed by atoms with Gasteiger partial charge < -0.3 is 25.0 Å². The van der Waals surface area contributed by atoms with Crippen molar-refractivity contribution >= 4 is 5.91 Å². The number of morpholine rings is 1. The number of amides is 1. The van der Waals surface area contributed by atoms with Gasteiger partial charge in [-0.05, 0) is 25.1 Å². The quantitative estimate of drug-likeness (QED) is 0.671. The van der Waals surface area contributed by atoms with Gasteiger partial charge in [0.05, 0.1) is 30.9 Å². The number of nitrogens with zero attached hydrogens (tertiary/aromatic N) is 1. The molecule has 1 fully saturated rings. The fourth-order valence-corrected chi connectivity index (χ4v) is 2.06. The van der Waals surface area contributed by atoms with Gasteiger partial charge in [0, 0.05) is 6.54 Å². The fraction of sp³-hybridized carbons (Fsp3) is 0.462. The lowest BCUT2D eigenvalue weighted by molar-refractivity contribution is -0.0668. The second kappa shape index (κ2) is 5.46. The second-order valence-electron chi connectivity index (χ2n) is 4.65. The van der Waals surface area contributed by atoms with Crippen LogP contribution in [-0.4, -0.2) is 58.0 Å². The molecule has 2 rings (SSSR count). The summed E-state index contributed by atoms with van der Waals surface area (Å²) >= 11 is 0. The Morgan fingerprint density at radius 2 is 2.21 bits per heavy atom. The van der Waals surface area contributed by atoms with Gasteiger partial charge in [-0.2, -0.15) is 0 Å². The largest absolute Gasteiger partial charge is 0.508 e. The van der Waals surface area contributed by atoms with Crippen LogP contribution < -0.4 is 0 Å². The molecule has 0 aliphatic carbocycles. The van der Waals surface area contributed by atoms with Crippen LogP contribution in [-0.2, 0) is 4.74 Å². The van der Waals surface area contributed by atoms with Crippen LogP contribution in [0.2, 0.25) is 0 Å². The number of aromatic hydroxyl groups is 2. The van der Waals surface area contributed by atoms with Gasteiger partial charge in [0.15, 0.2) is 0 Å². The standard InChI is InChI=1S/C13H17NO5/c1-8-7-19-10(6-15)5-14(8)13(18)11-4-9(16)2-3-12(11)17/h2-4,8,10,15-17H,5-7H2,1H3. The Morgan fingerprint density at radius 3 is 2.89 bits per heavy atom. The van der Waals surface area contributed by atoms with Gasteiger partial charge in [-0.1, -0.05) is 0 Å². The Hall–Kier alpha value is -1.79. The van der Waals surface area contributed by atoms with Crippen LogP contribution in [0.3, 0.4) is 0 Å². The van der Waals surface area contributed by atoms with E-state index >= 15 is 0 Å². The molecule has 1 aliphatic heterocycles. The molecule has 0 bridgehead atoms. The third kappa shape index (κ3) is 2.80. The van der Waals surface area contributed by atoms with E-state index in [0.717, 1.165) is 0 Å². The number of hydrogen-bond acceptors (Lipinski definition) is 5. The molecular formula is C13H17NO5. The first-order valence-electron chi connectivity index (χ1n) is 6.08. The highest BCUT2D eigenvalue weighted by Gasteiger charge is 2.31. The summed E-state index contributed by atoms with van der Waals surface area (Å²) in [7, 11) is 0. The zero-order valence-corrected chi connectivity index (χ0v) is 10.6. The van der Waals surface area contributed by atoms with E-state index in [1.54, 1.807) is 0 Å². The molecule has 3 N–H and O–H groups in total. The number of hydrogen-bond donors (Lipinski definition) is 3. The van der Waals surface area contributed by atoms with E-state index in [2.05, 4.69) is 0 Å². The Morgan fingerprint density at radius 1 is 1.47 bits per heavy atom. The van der Waals surface area contributed by atoms with Crippen LogP contribution in [0, 0.1) is 0 Å². The molecule has 0 saturated carbocycles. The summed E-state index contributed by atoms with van der Waals surface area (Å²) in [5.74, 6) is -0.648. The van der Waals surface area contributed by atoms with Crippen molar-refractivity contribution in [2.75, 3.05) is 19.8 Å². The summed E-state index contributed by atoms with van der Waals surface area (Å²) < 4.78 is 5.35. The van der Waals surface area contributed by atoms with Crippen molar-refractivity contribution < 1.29 is 24.9 Å². The lowest BCUT2D eigenvalue weighted by atomic mass is 10.1. The minimum Gasteiger partial charge on any atom is -0.508 e. The average molecular weight is 267 g/mol. The van der Waals surface area contributed by atoms with Gasteiger partial charge in [-0.25, -0.2) is 0 Å². The Bertz CT molecular complexity index is 476. The van der Waals surface area contributed by atoms with Gasteiger partial charge >= 0.3 is 0 Å². The molecule has 104 valence electrons. The zero-order valence-electron chi connectivity index (χ0n) is 10.6. The van der Waals surface area contributed by atoms with Crippen LogP contribution in [0.25, 0.3) is 0 Å². The predicted molar refractivity (Wildman–Crippen MR) is 67.1 cm³/mol. The molecular weight excluding hydrogens is 250 g/mol. The second-order valence-corrected chi connectivity index (χ2v) is 4.65. The molecule has 0 aromatic heterocycles. The fourth-order valence-electron chi connectivity index (χ4n) is 2.06. The summed E-state index contributed by atoms with van der Waals surface area (Å²) in [6, 6.07) is 3.66. The topological polar surface area (TPSA) is 90.2 Å². The number of aliphatic hydroxyl groups excluding tert-OH is 1. The highest BCUT2D eigenvalue weighted by molar-refractivity contribution is 5.97. The van der Waals surface area contributed by atoms with Crippen molar-refractivity contribution in [2.24, 2.45) is 0 Å². The Balaban J connectivity index is 2.24. The molecule has 19 heavy (non-hydrogen) atoms.